The maximum atomic E-state index is 11.6. The van der Waals surface area contributed by atoms with E-state index in [9.17, 15) is 9.59 Å². The molecule has 0 N–H and O–H groups in total. The third-order valence-electron chi connectivity index (χ3n) is 4.48. The molecule has 3 atom stereocenters. The molecule has 0 amide bonds. The minimum atomic E-state index is 0.0431. The van der Waals surface area contributed by atoms with Crippen molar-refractivity contribution in [2.75, 3.05) is 0 Å². The monoisotopic (exact) mass is 206 g/mol. The summed E-state index contributed by atoms with van der Waals surface area (Å²) in [4.78, 5) is 22.4. The molecule has 2 aliphatic rings. The van der Waals surface area contributed by atoms with Crippen LogP contribution in [0.15, 0.2) is 11.6 Å². The molecule has 0 radical (unpaired) electrons. The quantitative estimate of drug-likeness (QED) is 0.488. The number of ketones is 1. The third-order valence-corrected chi connectivity index (χ3v) is 4.48. The lowest BCUT2D eigenvalue weighted by Crippen LogP contribution is -2.41. The lowest BCUT2D eigenvalue weighted by atomic mass is 9.57. The van der Waals surface area contributed by atoms with Crippen molar-refractivity contribution in [1.82, 2.24) is 0 Å². The predicted octanol–water partition coefficient (Wildman–Crippen LogP) is 2.53. The smallest absolute Gasteiger partial charge is 0.166 e. The first-order chi connectivity index (χ1) is 7.08. The average molecular weight is 206 g/mol. The Morgan fingerprint density at radius 3 is 2.87 bits per heavy atom. The Labute approximate surface area is 90.7 Å². The van der Waals surface area contributed by atoms with Gasteiger partial charge in [-0.25, -0.2) is 0 Å². The Morgan fingerprint density at radius 2 is 2.20 bits per heavy atom. The van der Waals surface area contributed by atoms with E-state index in [1.165, 1.54) is 12.8 Å². The topological polar surface area (TPSA) is 34.1 Å². The van der Waals surface area contributed by atoms with Crippen molar-refractivity contribution in [1.29, 1.82) is 0 Å². The van der Waals surface area contributed by atoms with Gasteiger partial charge in [-0.3, -0.25) is 9.59 Å². The van der Waals surface area contributed by atoms with Crippen LogP contribution in [-0.2, 0) is 9.59 Å². The second kappa shape index (κ2) is 3.58. The highest BCUT2D eigenvalue weighted by atomic mass is 16.1. The molecule has 2 nitrogen and oxygen atoms in total. The van der Waals surface area contributed by atoms with E-state index in [2.05, 4.69) is 13.8 Å². The van der Waals surface area contributed by atoms with E-state index in [-0.39, 0.29) is 11.2 Å². The van der Waals surface area contributed by atoms with Gasteiger partial charge in [-0.1, -0.05) is 26.3 Å². The molecule has 82 valence electrons. The van der Waals surface area contributed by atoms with Crippen LogP contribution in [0.4, 0.5) is 0 Å². The second-order valence-corrected chi connectivity index (χ2v) is 5.24. The number of carbonyl (C=O) groups excluding carboxylic acids is 2. The fraction of sp³-hybridized carbons (Fsp3) is 0.692. The Kier molecular flexibility index (Phi) is 2.53. The number of carbonyl (C=O) groups is 2. The highest BCUT2D eigenvalue weighted by molar-refractivity contribution is 6.12. The average Bonchev–Trinajstić information content (AvgIpc) is 2.21. The van der Waals surface area contributed by atoms with Crippen LogP contribution in [0, 0.1) is 17.3 Å². The van der Waals surface area contributed by atoms with Crippen LogP contribution < -0.4 is 0 Å². The molecular formula is C13H18O2. The van der Waals surface area contributed by atoms with E-state index in [1.54, 1.807) is 0 Å². The molecule has 0 bridgehead atoms. The minimum absolute atomic E-state index is 0.0431. The summed E-state index contributed by atoms with van der Waals surface area (Å²) in [5, 5.41) is 0. The number of Topliss-reactive ketones (excluding diaryl/α,β-unsaturated/α-hetero) is 1. The first-order valence-electron chi connectivity index (χ1n) is 5.79. The summed E-state index contributed by atoms with van der Waals surface area (Å²) in [6.07, 6.45) is 6.81. The zero-order valence-corrected chi connectivity index (χ0v) is 9.45. The molecule has 3 unspecified atom stereocenters. The van der Waals surface area contributed by atoms with E-state index in [1.807, 2.05) is 6.08 Å². The van der Waals surface area contributed by atoms with Gasteiger partial charge in [0, 0.05) is 6.42 Å². The van der Waals surface area contributed by atoms with Gasteiger partial charge in [-0.15, -0.1) is 0 Å². The summed E-state index contributed by atoms with van der Waals surface area (Å²) in [5.41, 5.74) is 0.477. The summed E-state index contributed by atoms with van der Waals surface area (Å²) in [7, 11) is 0. The Balaban J connectivity index is 2.40. The molecular weight excluding hydrogens is 188 g/mol. The Bertz CT molecular complexity index is 329. The van der Waals surface area contributed by atoms with Gasteiger partial charge in [0.25, 0.3) is 0 Å². The van der Waals surface area contributed by atoms with Crippen LogP contribution in [0.2, 0.25) is 0 Å². The normalized spacial score (nSPS) is 40.7. The molecule has 2 rings (SSSR count). The molecule has 0 aliphatic heterocycles. The number of hydrogen-bond donors (Lipinski definition) is 0. The lowest BCUT2D eigenvalue weighted by Gasteiger charge is -2.46. The van der Waals surface area contributed by atoms with Crippen LogP contribution in [0.5, 0.6) is 0 Å². The first-order valence-corrected chi connectivity index (χ1v) is 5.79. The summed E-state index contributed by atoms with van der Waals surface area (Å²) in [5.74, 6) is 1.08. The number of allylic oxidation sites excluding steroid dienone is 2. The predicted molar refractivity (Wildman–Crippen MR) is 58.4 cm³/mol. The largest absolute Gasteiger partial charge is 0.298 e. The first kappa shape index (κ1) is 10.6. The van der Waals surface area contributed by atoms with Gasteiger partial charge >= 0.3 is 0 Å². The molecule has 1 saturated carbocycles. The molecule has 2 heteroatoms. The number of aldehydes is 1. The number of hydrogen-bond acceptors (Lipinski definition) is 2. The standard InChI is InChI=1S/C13H18O2/c1-9-4-3-5-11-6-12(15)10(8-14)7-13(9,11)2/h7-9,11H,3-6H2,1-2H3. The van der Waals surface area contributed by atoms with E-state index in [0.29, 0.717) is 23.8 Å². The zero-order chi connectivity index (χ0) is 11.1. The second-order valence-electron chi connectivity index (χ2n) is 5.24. The molecule has 2 aliphatic carbocycles. The van der Waals surface area contributed by atoms with Crippen molar-refractivity contribution in [2.45, 2.75) is 39.5 Å². The minimum Gasteiger partial charge on any atom is -0.298 e. The van der Waals surface area contributed by atoms with Crippen LogP contribution in [0.3, 0.4) is 0 Å². The summed E-state index contributed by atoms with van der Waals surface area (Å²) >= 11 is 0. The fourth-order valence-corrected chi connectivity index (χ4v) is 3.13. The van der Waals surface area contributed by atoms with E-state index < -0.39 is 0 Å². The summed E-state index contributed by atoms with van der Waals surface area (Å²) in [6, 6.07) is 0. The van der Waals surface area contributed by atoms with Gasteiger partial charge in [0.15, 0.2) is 12.1 Å². The van der Waals surface area contributed by atoms with Crippen LogP contribution in [0.1, 0.15) is 39.5 Å². The highest BCUT2D eigenvalue weighted by Gasteiger charge is 2.44. The van der Waals surface area contributed by atoms with E-state index >= 15 is 0 Å². The van der Waals surface area contributed by atoms with Gasteiger partial charge in [-0.05, 0) is 30.1 Å². The molecule has 0 aromatic carbocycles. The SMILES string of the molecule is CC1CCCC2CC(=O)C(C=O)=CC12C. The third kappa shape index (κ3) is 1.56. The lowest BCUT2D eigenvalue weighted by molar-refractivity contribution is -0.121. The molecule has 0 saturated heterocycles. The van der Waals surface area contributed by atoms with Crippen LogP contribution in [-0.4, -0.2) is 12.1 Å². The van der Waals surface area contributed by atoms with Gasteiger partial charge in [-0.2, -0.15) is 0 Å². The molecule has 0 aromatic heterocycles. The molecule has 0 aromatic rings. The van der Waals surface area contributed by atoms with E-state index in [4.69, 9.17) is 0 Å². The highest BCUT2D eigenvalue weighted by Crippen LogP contribution is 2.50. The molecule has 0 heterocycles. The van der Waals surface area contributed by atoms with Crippen molar-refractivity contribution in [3.63, 3.8) is 0 Å². The Morgan fingerprint density at radius 1 is 1.47 bits per heavy atom. The van der Waals surface area contributed by atoms with Gasteiger partial charge in [0.1, 0.15) is 0 Å². The number of rotatable bonds is 1. The van der Waals surface area contributed by atoms with Crippen molar-refractivity contribution in [3.05, 3.63) is 11.6 Å². The van der Waals surface area contributed by atoms with Crippen LogP contribution in [0.25, 0.3) is 0 Å². The molecule has 15 heavy (non-hydrogen) atoms. The summed E-state index contributed by atoms with van der Waals surface area (Å²) in [6.45, 7) is 4.44. The van der Waals surface area contributed by atoms with Crippen molar-refractivity contribution in [2.24, 2.45) is 17.3 Å². The zero-order valence-electron chi connectivity index (χ0n) is 9.45. The number of fused-ring (bicyclic) bond motifs is 1. The van der Waals surface area contributed by atoms with Gasteiger partial charge < -0.3 is 0 Å². The van der Waals surface area contributed by atoms with Crippen molar-refractivity contribution in [3.8, 4) is 0 Å². The van der Waals surface area contributed by atoms with Gasteiger partial charge in [0.05, 0.1) is 5.57 Å². The molecule has 1 fully saturated rings. The maximum Gasteiger partial charge on any atom is 0.166 e. The molecule has 0 spiro atoms. The van der Waals surface area contributed by atoms with Crippen LogP contribution >= 0.6 is 0 Å². The maximum absolute atomic E-state index is 11.6. The van der Waals surface area contributed by atoms with Crippen molar-refractivity contribution >= 4 is 12.1 Å². The summed E-state index contributed by atoms with van der Waals surface area (Å²) < 4.78 is 0. The van der Waals surface area contributed by atoms with E-state index in [0.717, 1.165) is 12.7 Å². The fourth-order valence-electron chi connectivity index (χ4n) is 3.13. The Hall–Kier alpha value is -0.920. The van der Waals surface area contributed by atoms with Gasteiger partial charge in [0.2, 0.25) is 0 Å². The van der Waals surface area contributed by atoms with Crippen molar-refractivity contribution < 1.29 is 9.59 Å².